The number of hydrogen-bond acceptors (Lipinski definition) is 7. The van der Waals surface area contributed by atoms with Crippen LogP contribution < -0.4 is 4.74 Å². The molecule has 2 atom stereocenters. The standard InChI is InChI=1S/C27H31ClN6O3.CH2O2/c1-17-21(13-24(37-3)27-26(17)30-31-32(27)2)22(14-25(35)36)18-7-8-23(28)19(12-18)15-33-10-4-6-20(16-33)34-11-5-9-29-34;2-1-3/h5,7-9,11-13,20,22H,4,6,10,14-16H2,1-3H3,(H,35,36);1H,(H,2,3). The second-order valence-electron chi connectivity index (χ2n) is 9.83. The summed E-state index contributed by atoms with van der Waals surface area (Å²) in [4.78, 5) is 22.8. The van der Waals surface area contributed by atoms with Crippen molar-refractivity contribution in [3.8, 4) is 5.75 Å². The minimum atomic E-state index is -0.878. The van der Waals surface area contributed by atoms with Crippen LogP contribution in [0.25, 0.3) is 11.0 Å². The third-order valence-electron chi connectivity index (χ3n) is 7.35. The highest BCUT2D eigenvalue weighted by Gasteiger charge is 2.26. The number of carboxylic acids is 1. The average molecular weight is 569 g/mol. The number of piperidine rings is 1. The van der Waals surface area contributed by atoms with Crippen molar-refractivity contribution in [2.45, 2.75) is 44.7 Å². The van der Waals surface area contributed by atoms with Crippen molar-refractivity contribution in [1.82, 2.24) is 29.7 Å². The van der Waals surface area contributed by atoms with Gasteiger partial charge >= 0.3 is 5.97 Å². The van der Waals surface area contributed by atoms with Gasteiger partial charge in [0.2, 0.25) is 0 Å². The molecule has 1 aliphatic rings. The van der Waals surface area contributed by atoms with Crippen molar-refractivity contribution >= 4 is 35.1 Å². The average Bonchev–Trinajstić information content (AvgIpc) is 3.61. The molecule has 2 aromatic carbocycles. The molecule has 1 fully saturated rings. The van der Waals surface area contributed by atoms with E-state index in [4.69, 9.17) is 26.2 Å². The fourth-order valence-electron chi connectivity index (χ4n) is 5.50. The van der Waals surface area contributed by atoms with Crippen LogP contribution in [0, 0.1) is 6.92 Å². The summed E-state index contributed by atoms with van der Waals surface area (Å²) in [5.41, 5.74) is 5.13. The number of carbonyl (C=O) groups is 2. The van der Waals surface area contributed by atoms with E-state index >= 15 is 0 Å². The lowest BCUT2D eigenvalue weighted by molar-refractivity contribution is -0.137. The minimum absolute atomic E-state index is 0.0675. The van der Waals surface area contributed by atoms with E-state index < -0.39 is 11.9 Å². The molecule has 5 rings (SSSR count). The number of carboxylic acid groups (broad SMARTS) is 2. The normalized spacial score (nSPS) is 16.2. The van der Waals surface area contributed by atoms with Gasteiger partial charge in [-0.3, -0.25) is 19.2 Å². The van der Waals surface area contributed by atoms with Crippen molar-refractivity contribution < 1.29 is 24.5 Å². The smallest absolute Gasteiger partial charge is 0.304 e. The van der Waals surface area contributed by atoms with E-state index in [1.165, 1.54) is 0 Å². The Morgan fingerprint density at radius 2 is 2.10 bits per heavy atom. The van der Waals surface area contributed by atoms with Crippen LogP contribution in [0.15, 0.2) is 42.7 Å². The predicted molar refractivity (Wildman–Crippen MR) is 150 cm³/mol. The van der Waals surface area contributed by atoms with E-state index in [0.717, 1.165) is 53.7 Å². The fourth-order valence-corrected chi connectivity index (χ4v) is 5.68. The summed E-state index contributed by atoms with van der Waals surface area (Å²) in [6.07, 6.45) is 5.95. The number of fused-ring (bicyclic) bond motifs is 1. The third kappa shape index (κ3) is 6.26. The number of aromatic nitrogens is 5. The van der Waals surface area contributed by atoms with Gasteiger partial charge in [-0.25, -0.2) is 4.68 Å². The van der Waals surface area contributed by atoms with Gasteiger partial charge in [0.15, 0.2) is 0 Å². The first kappa shape index (κ1) is 29.0. The zero-order valence-corrected chi connectivity index (χ0v) is 23.5. The zero-order valence-electron chi connectivity index (χ0n) is 22.7. The molecule has 2 N–H and O–H groups in total. The van der Waals surface area contributed by atoms with E-state index in [1.54, 1.807) is 11.8 Å². The van der Waals surface area contributed by atoms with E-state index in [2.05, 4.69) is 26.4 Å². The Balaban J connectivity index is 0.00000118. The second kappa shape index (κ2) is 12.9. The molecule has 3 heterocycles. The molecule has 2 unspecified atom stereocenters. The summed E-state index contributed by atoms with van der Waals surface area (Å²) < 4.78 is 9.36. The SMILES string of the molecule is COc1cc(C(CC(=O)O)c2ccc(Cl)c(CN3CCCC(n4cccn4)C3)c2)c(C)c2nnn(C)c12.O=CO. The number of aryl methyl sites for hydroxylation is 2. The number of likely N-dealkylation sites (tertiary alicyclic amines) is 1. The van der Waals surface area contributed by atoms with E-state index in [0.29, 0.717) is 28.9 Å². The lowest BCUT2D eigenvalue weighted by Crippen LogP contribution is -2.36. The van der Waals surface area contributed by atoms with E-state index in [-0.39, 0.29) is 12.9 Å². The van der Waals surface area contributed by atoms with Crippen molar-refractivity contribution in [1.29, 1.82) is 0 Å². The van der Waals surface area contributed by atoms with Crippen molar-refractivity contribution in [2.24, 2.45) is 7.05 Å². The largest absolute Gasteiger partial charge is 0.494 e. The van der Waals surface area contributed by atoms with Crippen LogP contribution in [0.1, 0.15) is 53.5 Å². The molecule has 2 aromatic heterocycles. The van der Waals surface area contributed by atoms with Crippen LogP contribution in [-0.4, -0.2) is 72.5 Å². The molecule has 0 radical (unpaired) electrons. The molecule has 4 aromatic rings. The first-order valence-corrected chi connectivity index (χ1v) is 13.3. The van der Waals surface area contributed by atoms with Gasteiger partial charge in [0.05, 0.1) is 19.6 Å². The number of benzene rings is 2. The summed E-state index contributed by atoms with van der Waals surface area (Å²) in [7, 11) is 3.41. The molecule has 11 nitrogen and oxygen atoms in total. The Hall–Kier alpha value is -3.96. The van der Waals surface area contributed by atoms with Gasteiger partial charge in [-0.1, -0.05) is 28.9 Å². The Kier molecular flexibility index (Phi) is 9.38. The van der Waals surface area contributed by atoms with Crippen LogP contribution >= 0.6 is 11.6 Å². The molecule has 212 valence electrons. The lowest BCUT2D eigenvalue weighted by atomic mass is 9.84. The Bertz CT molecular complexity index is 1470. The maximum absolute atomic E-state index is 12.0. The predicted octanol–water partition coefficient (Wildman–Crippen LogP) is 4.28. The zero-order chi connectivity index (χ0) is 28.8. The van der Waals surface area contributed by atoms with Crippen molar-refractivity contribution in [3.05, 3.63) is 70.0 Å². The maximum Gasteiger partial charge on any atom is 0.304 e. The maximum atomic E-state index is 12.0. The van der Waals surface area contributed by atoms with Gasteiger partial charge in [0.25, 0.3) is 6.47 Å². The highest BCUT2D eigenvalue weighted by Crippen LogP contribution is 2.39. The summed E-state index contributed by atoms with van der Waals surface area (Å²) in [5.74, 6) is -0.658. The molecule has 0 bridgehead atoms. The van der Waals surface area contributed by atoms with Crippen LogP contribution in [0.2, 0.25) is 5.02 Å². The summed E-state index contributed by atoms with van der Waals surface area (Å²) in [6.45, 7) is 4.27. The molecule has 40 heavy (non-hydrogen) atoms. The van der Waals surface area contributed by atoms with Gasteiger partial charge in [-0.2, -0.15) is 5.10 Å². The second-order valence-corrected chi connectivity index (χ2v) is 10.2. The van der Waals surface area contributed by atoms with E-state index in [1.807, 2.05) is 55.3 Å². The Morgan fingerprint density at radius 1 is 1.32 bits per heavy atom. The number of aliphatic carboxylic acids is 1. The lowest BCUT2D eigenvalue weighted by Gasteiger charge is -2.33. The molecular formula is C28H33ClN6O5. The highest BCUT2D eigenvalue weighted by atomic mass is 35.5. The number of ether oxygens (including phenoxy) is 1. The molecule has 0 saturated carbocycles. The minimum Gasteiger partial charge on any atom is -0.494 e. The van der Waals surface area contributed by atoms with Gasteiger partial charge in [-0.05, 0) is 66.8 Å². The first-order valence-electron chi connectivity index (χ1n) is 12.9. The molecule has 0 aliphatic carbocycles. The van der Waals surface area contributed by atoms with Gasteiger partial charge in [0, 0.05) is 43.5 Å². The molecule has 1 saturated heterocycles. The summed E-state index contributed by atoms with van der Waals surface area (Å²) >= 11 is 6.67. The first-order chi connectivity index (χ1) is 19.3. The quantitative estimate of drug-likeness (QED) is 0.298. The number of hydrogen-bond donors (Lipinski definition) is 2. The highest BCUT2D eigenvalue weighted by molar-refractivity contribution is 6.31. The van der Waals surface area contributed by atoms with Crippen molar-refractivity contribution in [3.63, 3.8) is 0 Å². The third-order valence-corrected chi connectivity index (χ3v) is 7.72. The van der Waals surface area contributed by atoms with E-state index in [9.17, 15) is 9.90 Å². The Labute approximate surface area is 236 Å². The molecule has 0 spiro atoms. The molecule has 12 heteroatoms. The number of rotatable bonds is 8. The summed E-state index contributed by atoms with van der Waals surface area (Å²) in [6, 6.07) is 10.1. The fraction of sp³-hybridized carbons (Fsp3) is 0.393. The van der Waals surface area contributed by atoms with Crippen molar-refractivity contribution in [2.75, 3.05) is 20.2 Å². The van der Waals surface area contributed by atoms with Crippen LogP contribution in [0.3, 0.4) is 0 Å². The molecular weight excluding hydrogens is 536 g/mol. The topological polar surface area (TPSA) is 136 Å². The molecule has 0 amide bonds. The van der Waals surface area contributed by atoms with Gasteiger partial charge in [-0.15, -0.1) is 5.10 Å². The van der Waals surface area contributed by atoms with Gasteiger partial charge < -0.3 is 14.9 Å². The van der Waals surface area contributed by atoms with Crippen LogP contribution in [0.5, 0.6) is 5.75 Å². The number of methoxy groups -OCH3 is 1. The Morgan fingerprint density at radius 3 is 2.77 bits per heavy atom. The number of nitrogens with zero attached hydrogens (tertiary/aromatic N) is 6. The van der Waals surface area contributed by atoms with Crippen LogP contribution in [-0.2, 0) is 23.2 Å². The summed E-state index contributed by atoms with van der Waals surface area (Å²) in [5, 5.41) is 30.3. The monoisotopic (exact) mass is 568 g/mol. The molecule has 1 aliphatic heterocycles. The van der Waals surface area contributed by atoms with Crippen LogP contribution in [0.4, 0.5) is 0 Å². The van der Waals surface area contributed by atoms with Gasteiger partial charge in [0.1, 0.15) is 16.8 Å². The number of halogens is 1.